The number of amides is 1. The van der Waals surface area contributed by atoms with Gasteiger partial charge in [0.15, 0.2) is 0 Å². The lowest BCUT2D eigenvalue weighted by molar-refractivity contribution is -0.127. The van der Waals surface area contributed by atoms with Crippen LogP contribution in [0.3, 0.4) is 0 Å². The van der Waals surface area contributed by atoms with E-state index < -0.39 is 0 Å². The van der Waals surface area contributed by atoms with Gasteiger partial charge in [-0.25, -0.2) is 0 Å². The summed E-state index contributed by atoms with van der Waals surface area (Å²) in [6.45, 7) is 3.98. The molecule has 1 aromatic carbocycles. The van der Waals surface area contributed by atoms with Crippen LogP contribution in [0.1, 0.15) is 24.9 Å². The van der Waals surface area contributed by atoms with E-state index in [9.17, 15) is 4.79 Å². The molecule has 1 saturated heterocycles. The zero-order valence-corrected chi connectivity index (χ0v) is 12.4. The molecule has 1 fully saturated rings. The van der Waals surface area contributed by atoms with Crippen LogP contribution >= 0.6 is 0 Å². The lowest BCUT2D eigenvalue weighted by Gasteiger charge is -2.27. The molecule has 5 nitrogen and oxygen atoms in total. The normalized spacial score (nSPS) is 17.9. The van der Waals surface area contributed by atoms with Crippen molar-refractivity contribution < 1.29 is 9.53 Å². The Morgan fingerprint density at radius 1 is 1.35 bits per heavy atom. The average molecular weight is 277 g/mol. The number of hydrogen-bond acceptors (Lipinski definition) is 4. The molecule has 1 atom stereocenters. The van der Waals surface area contributed by atoms with E-state index in [0.717, 1.165) is 36.5 Å². The van der Waals surface area contributed by atoms with E-state index in [1.165, 1.54) is 0 Å². The van der Waals surface area contributed by atoms with Crippen molar-refractivity contribution in [3.8, 4) is 5.75 Å². The highest BCUT2D eigenvalue weighted by molar-refractivity contribution is 5.82. The van der Waals surface area contributed by atoms with Gasteiger partial charge in [0.2, 0.25) is 5.91 Å². The van der Waals surface area contributed by atoms with Crippen molar-refractivity contribution >= 4 is 11.6 Å². The largest absolute Gasteiger partial charge is 0.496 e. The fourth-order valence-corrected chi connectivity index (χ4v) is 2.64. The van der Waals surface area contributed by atoms with Crippen LogP contribution < -0.4 is 15.4 Å². The Morgan fingerprint density at radius 3 is 2.75 bits per heavy atom. The molecule has 0 saturated carbocycles. The number of carbonyl (C=O) groups is 1. The van der Waals surface area contributed by atoms with Crippen LogP contribution in [0.15, 0.2) is 18.2 Å². The van der Waals surface area contributed by atoms with E-state index in [4.69, 9.17) is 10.5 Å². The first kappa shape index (κ1) is 14.7. The number of rotatable bonds is 3. The third kappa shape index (κ3) is 2.88. The van der Waals surface area contributed by atoms with E-state index in [-0.39, 0.29) is 11.9 Å². The maximum Gasteiger partial charge on any atom is 0.241 e. The molecule has 110 valence electrons. The first-order valence-electron chi connectivity index (χ1n) is 6.96. The third-order valence-corrected chi connectivity index (χ3v) is 3.73. The molecule has 1 heterocycles. The van der Waals surface area contributed by atoms with Crippen molar-refractivity contribution in [2.75, 3.05) is 38.7 Å². The number of anilines is 1. The number of nitrogens with zero attached hydrogens (tertiary/aromatic N) is 2. The summed E-state index contributed by atoms with van der Waals surface area (Å²) >= 11 is 0. The van der Waals surface area contributed by atoms with Crippen molar-refractivity contribution in [3.63, 3.8) is 0 Å². The van der Waals surface area contributed by atoms with E-state index in [0.29, 0.717) is 6.54 Å². The predicted molar refractivity (Wildman–Crippen MR) is 80.1 cm³/mol. The minimum absolute atomic E-state index is 0.140. The van der Waals surface area contributed by atoms with Crippen LogP contribution in [-0.4, -0.2) is 44.6 Å². The van der Waals surface area contributed by atoms with Gasteiger partial charge in [-0.3, -0.25) is 4.79 Å². The highest BCUT2D eigenvalue weighted by Crippen LogP contribution is 2.34. The maximum atomic E-state index is 12.1. The Labute approximate surface area is 120 Å². The second-order valence-corrected chi connectivity index (χ2v) is 5.27. The summed E-state index contributed by atoms with van der Waals surface area (Å²) in [5.74, 6) is 0.920. The van der Waals surface area contributed by atoms with Crippen molar-refractivity contribution in [1.82, 2.24) is 4.90 Å². The molecule has 20 heavy (non-hydrogen) atoms. The van der Waals surface area contributed by atoms with Gasteiger partial charge in [0, 0.05) is 37.4 Å². The molecule has 0 radical (unpaired) electrons. The second kappa shape index (κ2) is 6.13. The molecular weight excluding hydrogens is 254 g/mol. The molecule has 1 aliphatic rings. The zero-order chi connectivity index (χ0) is 14.7. The Balaban J connectivity index is 2.38. The van der Waals surface area contributed by atoms with Crippen LogP contribution in [0.2, 0.25) is 0 Å². The molecule has 2 rings (SSSR count). The maximum absolute atomic E-state index is 12.1. The second-order valence-electron chi connectivity index (χ2n) is 5.27. The zero-order valence-electron chi connectivity index (χ0n) is 12.4. The molecule has 2 N–H and O–H groups in total. The topological polar surface area (TPSA) is 58.8 Å². The van der Waals surface area contributed by atoms with Gasteiger partial charge in [0.1, 0.15) is 5.75 Å². The van der Waals surface area contributed by atoms with Gasteiger partial charge in [-0.2, -0.15) is 0 Å². The summed E-state index contributed by atoms with van der Waals surface area (Å²) in [7, 11) is 3.50. The summed E-state index contributed by atoms with van der Waals surface area (Å²) in [6, 6.07) is 5.73. The minimum atomic E-state index is -0.141. The molecule has 0 aliphatic carbocycles. The molecule has 0 spiro atoms. The van der Waals surface area contributed by atoms with Crippen molar-refractivity contribution in [2.24, 2.45) is 5.73 Å². The van der Waals surface area contributed by atoms with E-state index in [2.05, 4.69) is 4.90 Å². The fraction of sp³-hybridized carbons (Fsp3) is 0.533. The van der Waals surface area contributed by atoms with Crippen molar-refractivity contribution in [2.45, 2.75) is 19.4 Å². The smallest absolute Gasteiger partial charge is 0.241 e. The standard InChI is InChI=1S/C15H23N3O2/c1-11(16)15-12(6-4-7-13(15)20-3)18-9-5-8-17(2)14(19)10-18/h4,6-7,11H,5,8-10,16H2,1-3H3/t11-/m1/s1. The lowest BCUT2D eigenvalue weighted by Crippen LogP contribution is -2.35. The van der Waals surface area contributed by atoms with Crippen LogP contribution in [0.25, 0.3) is 0 Å². The molecule has 0 unspecified atom stereocenters. The van der Waals surface area contributed by atoms with Gasteiger partial charge in [-0.15, -0.1) is 0 Å². The summed E-state index contributed by atoms with van der Waals surface area (Å²) in [5, 5.41) is 0. The predicted octanol–water partition coefficient (Wildman–Crippen LogP) is 1.38. The fourth-order valence-electron chi connectivity index (χ4n) is 2.64. The number of likely N-dealkylation sites (N-methyl/N-ethyl adjacent to an activating group) is 1. The third-order valence-electron chi connectivity index (χ3n) is 3.73. The monoisotopic (exact) mass is 277 g/mol. The van der Waals surface area contributed by atoms with Gasteiger partial charge in [-0.1, -0.05) is 6.07 Å². The number of nitrogens with two attached hydrogens (primary N) is 1. The average Bonchev–Trinajstić information content (AvgIpc) is 2.60. The Morgan fingerprint density at radius 2 is 2.10 bits per heavy atom. The van der Waals surface area contributed by atoms with Crippen LogP contribution in [0.4, 0.5) is 5.69 Å². The highest BCUT2D eigenvalue weighted by Gasteiger charge is 2.23. The molecule has 5 heteroatoms. The van der Waals surface area contributed by atoms with Gasteiger partial charge in [-0.05, 0) is 25.5 Å². The first-order valence-corrected chi connectivity index (χ1v) is 6.96. The minimum Gasteiger partial charge on any atom is -0.496 e. The Bertz CT molecular complexity index is 488. The van der Waals surface area contributed by atoms with Crippen molar-refractivity contribution in [1.29, 1.82) is 0 Å². The summed E-state index contributed by atoms with van der Waals surface area (Å²) in [5.41, 5.74) is 8.06. The number of benzene rings is 1. The first-order chi connectivity index (χ1) is 9.54. The number of methoxy groups -OCH3 is 1. The van der Waals surface area contributed by atoms with Crippen molar-refractivity contribution in [3.05, 3.63) is 23.8 Å². The Kier molecular flexibility index (Phi) is 4.49. The van der Waals surface area contributed by atoms with Crippen LogP contribution in [-0.2, 0) is 4.79 Å². The van der Waals surface area contributed by atoms with Gasteiger partial charge in [0.05, 0.1) is 13.7 Å². The number of hydrogen-bond donors (Lipinski definition) is 1. The van der Waals surface area contributed by atoms with E-state index in [1.54, 1.807) is 12.0 Å². The van der Waals surface area contributed by atoms with Crippen LogP contribution in [0, 0.1) is 0 Å². The molecule has 1 amide bonds. The van der Waals surface area contributed by atoms with Crippen LogP contribution in [0.5, 0.6) is 5.75 Å². The summed E-state index contributed by atoms with van der Waals surface area (Å²) in [4.78, 5) is 15.9. The van der Waals surface area contributed by atoms with E-state index >= 15 is 0 Å². The number of carbonyl (C=O) groups excluding carboxylic acids is 1. The summed E-state index contributed by atoms with van der Waals surface area (Å²) in [6.07, 6.45) is 0.956. The number of ether oxygens (including phenoxy) is 1. The molecule has 1 aliphatic heterocycles. The molecule has 1 aromatic rings. The van der Waals surface area contributed by atoms with E-state index in [1.807, 2.05) is 32.2 Å². The molecular formula is C15H23N3O2. The van der Waals surface area contributed by atoms with Gasteiger partial charge < -0.3 is 20.3 Å². The SMILES string of the molecule is COc1cccc(N2CCCN(C)C(=O)C2)c1[C@@H](C)N. The molecule has 0 bridgehead atoms. The van der Waals surface area contributed by atoms with Gasteiger partial charge >= 0.3 is 0 Å². The Hall–Kier alpha value is -1.75. The highest BCUT2D eigenvalue weighted by atomic mass is 16.5. The quantitative estimate of drug-likeness (QED) is 0.907. The summed E-state index contributed by atoms with van der Waals surface area (Å²) < 4.78 is 5.42. The lowest BCUT2D eigenvalue weighted by atomic mass is 10.0. The molecule has 0 aromatic heterocycles. The van der Waals surface area contributed by atoms with Gasteiger partial charge in [0.25, 0.3) is 0 Å².